The van der Waals surface area contributed by atoms with E-state index in [1.165, 1.54) is 10.6 Å². The molecule has 144 valence electrons. The van der Waals surface area contributed by atoms with Crippen molar-refractivity contribution in [2.75, 3.05) is 13.1 Å². The van der Waals surface area contributed by atoms with Crippen LogP contribution in [0.3, 0.4) is 0 Å². The molecule has 3 atom stereocenters. The Kier molecular flexibility index (Phi) is 3.71. The Balaban J connectivity index is 1.45. The first-order chi connectivity index (χ1) is 13.5. The second-order valence-corrected chi connectivity index (χ2v) is 7.70. The number of likely N-dealkylation sites (tertiary alicyclic amines) is 1. The average molecular weight is 379 g/mol. The highest BCUT2D eigenvalue weighted by Crippen LogP contribution is 2.50. The van der Waals surface area contributed by atoms with Gasteiger partial charge in [-0.15, -0.1) is 0 Å². The van der Waals surface area contributed by atoms with Gasteiger partial charge in [-0.25, -0.2) is 0 Å². The summed E-state index contributed by atoms with van der Waals surface area (Å²) in [6.45, 7) is 1.04. The highest BCUT2D eigenvalue weighted by Gasteiger charge is 2.65. The minimum atomic E-state index is -0.742. The Labute approximate surface area is 162 Å². The summed E-state index contributed by atoms with van der Waals surface area (Å²) in [6, 6.07) is 12.5. The molecule has 3 fully saturated rings. The fourth-order valence-electron chi connectivity index (χ4n) is 4.80. The quantitative estimate of drug-likeness (QED) is 0.789. The Hall–Kier alpha value is -2.93. The van der Waals surface area contributed by atoms with Gasteiger partial charge in [0, 0.05) is 32.3 Å². The van der Waals surface area contributed by atoms with E-state index in [1.807, 2.05) is 35.2 Å². The maximum absolute atomic E-state index is 13.1. The van der Waals surface area contributed by atoms with E-state index in [1.54, 1.807) is 24.2 Å². The molecule has 0 saturated carbocycles. The van der Waals surface area contributed by atoms with Crippen LogP contribution in [0.5, 0.6) is 0 Å². The molecule has 1 aromatic carbocycles. The fraction of sp³-hybridized carbons (Fsp3) is 0.381. The summed E-state index contributed by atoms with van der Waals surface area (Å²) in [4.78, 5) is 41.0. The molecular weight excluding hydrogens is 358 g/mol. The van der Waals surface area contributed by atoms with Gasteiger partial charge in [0.25, 0.3) is 5.91 Å². The highest BCUT2D eigenvalue weighted by molar-refractivity contribution is 5.95. The molecule has 7 heteroatoms. The van der Waals surface area contributed by atoms with Gasteiger partial charge in [0.15, 0.2) is 5.72 Å². The second kappa shape index (κ2) is 6.04. The zero-order valence-corrected chi connectivity index (χ0v) is 15.6. The van der Waals surface area contributed by atoms with Crippen molar-refractivity contribution in [3.63, 3.8) is 0 Å². The molecule has 1 spiro atoms. The first kappa shape index (κ1) is 17.2. The predicted molar refractivity (Wildman–Crippen MR) is 100 cm³/mol. The SMILES string of the molecule is Cn1cc(C(=O)N2CC[C@@]34O[C@H](c5ccccc5)CN3C(=O)C[C@@H]24)ccc1=O. The number of carbonyl (C=O) groups excluding carboxylic acids is 2. The third-order valence-electron chi connectivity index (χ3n) is 6.19. The molecule has 0 aliphatic carbocycles. The molecule has 3 aliphatic heterocycles. The Morgan fingerprint density at radius 1 is 1.14 bits per heavy atom. The van der Waals surface area contributed by atoms with E-state index in [0.29, 0.717) is 25.1 Å². The van der Waals surface area contributed by atoms with Crippen molar-refractivity contribution < 1.29 is 14.3 Å². The number of aromatic nitrogens is 1. The maximum atomic E-state index is 13.1. The van der Waals surface area contributed by atoms with Crippen molar-refractivity contribution in [3.05, 3.63) is 70.1 Å². The molecule has 0 unspecified atom stereocenters. The van der Waals surface area contributed by atoms with Crippen LogP contribution in [0.1, 0.15) is 34.9 Å². The molecule has 2 aromatic rings. The number of carbonyl (C=O) groups is 2. The zero-order chi connectivity index (χ0) is 19.5. The van der Waals surface area contributed by atoms with Crippen molar-refractivity contribution in [3.8, 4) is 0 Å². The molecule has 3 saturated heterocycles. The van der Waals surface area contributed by atoms with Crippen LogP contribution in [0.4, 0.5) is 0 Å². The lowest BCUT2D eigenvalue weighted by Crippen LogP contribution is -2.48. The molecule has 0 N–H and O–H groups in total. The van der Waals surface area contributed by atoms with Crippen LogP contribution >= 0.6 is 0 Å². The fourth-order valence-corrected chi connectivity index (χ4v) is 4.80. The second-order valence-electron chi connectivity index (χ2n) is 7.70. The van der Waals surface area contributed by atoms with Gasteiger partial charge in [0.1, 0.15) is 6.10 Å². The zero-order valence-electron chi connectivity index (χ0n) is 15.6. The number of pyridine rings is 1. The summed E-state index contributed by atoms with van der Waals surface area (Å²) in [5.41, 5.74) is 0.582. The number of rotatable bonds is 2. The van der Waals surface area contributed by atoms with Crippen molar-refractivity contribution >= 4 is 11.8 Å². The van der Waals surface area contributed by atoms with Crippen molar-refractivity contribution in [2.45, 2.75) is 30.7 Å². The van der Waals surface area contributed by atoms with E-state index in [-0.39, 0.29) is 35.9 Å². The summed E-state index contributed by atoms with van der Waals surface area (Å²) >= 11 is 0. The van der Waals surface area contributed by atoms with Gasteiger partial charge >= 0.3 is 0 Å². The lowest BCUT2D eigenvalue weighted by Gasteiger charge is -2.32. The van der Waals surface area contributed by atoms with E-state index in [4.69, 9.17) is 4.74 Å². The molecule has 2 amide bonds. The van der Waals surface area contributed by atoms with Crippen LogP contribution in [0.2, 0.25) is 0 Å². The Bertz CT molecular complexity index is 1020. The van der Waals surface area contributed by atoms with E-state index in [0.717, 1.165) is 5.56 Å². The van der Waals surface area contributed by atoms with E-state index in [9.17, 15) is 14.4 Å². The number of benzene rings is 1. The van der Waals surface area contributed by atoms with Gasteiger partial charge in [-0.1, -0.05) is 30.3 Å². The van der Waals surface area contributed by atoms with Crippen LogP contribution in [-0.2, 0) is 16.6 Å². The summed E-state index contributed by atoms with van der Waals surface area (Å²) in [5.74, 6) is -0.139. The van der Waals surface area contributed by atoms with Gasteiger partial charge < -0.3 is 19.1 Å². The first-order valence-corrected chi connectivity index (χ1v) is 9.50. The predicted octanol–water partition coefficient (Wildman–Crippen LogP) is 1.30. The van der Waals surface area contributed by atoms with Gasteiger partial charge in [0.2, 0.25) is 11.5 Å². The number of hydrogen-bond acceptors (Lipinski definition) is 4. The van der Waals surface area contributed by atoms with Crippen LogP contribution in [0, 0.1) is 0 Å². The maximum Gasteiger partial charge on any atom is 0.255 e. The average Bonchev–Trinajstić information content (AvgIpc) is 3.33. The topological polar surface area (TPSA) is 71.8 Å². The Morgan fingerprint density at radius 2 is 1.93 bits per heavy atom. The van der Waals surface area contributed by atoms with E-state index >= 15 is 0 Å². The first-order valence-electron chi connectivity index (χ1n) is 9.50. The third-order valence-corrected chi connectivity index (χ3v) is 6.19. The molecule has 1 aromatic heterocycles. The number of aryl methyl sites for hydroxylation is 1. The standard InChI is InChI=1S/C21H21N3O4/c1-22-12-15(7-8-18(22)25)20(27)23-10-9-21-17(23)11-19(26)24(21)13-16(28-21)14-5-3-2-4-6-14/h2-8,12,16-17H,9-11,13H2,1H3/t16-,17+,21-/m0/s1. The van der Waals surface area contributed by atoms with Crippen LogP contribution in [-0.4, -0.2) is 51.0 Å². The summed E-state index contributed by atoms with van der Waals surface area (Å²) in [6.07, 6.45) is 2.25. The number of amides is 2. The largest absolute Gasteiger partial charge is 0.343 e. The van der Waals surface area contributed by atoms with Crippen LogP contribution in [0.15, 0.2) is 53.5 Å². The van der Waals surface area contributed by atoms with Crippen molar-refractivity contribution in [1.29, 1.82) is 0 Å². The Morgan fingerprint density at radius 3 is 2.68 bits per heavy atom. The van der Waals surface area contributed by atoms with Crippen molar-refractivity contribution in [1.82, 2.24) is 14.4 Å². The lowest BCUT2D eigenvalue weighted by molar-refractivity contribution is -0.138. The van der Waals surface area contributed by atoms with Gasteiger partial charge in [-0.2, -0.15) is 0 Å². The van der Waals surface area contributed by atoms with E-state index in [2.05, 4.69) is 0 Å². The summed E-state index contributed by atoms with van der Waals surface area (Å²) in [5, 5.41) is 0. The summed E-state index contributed by atoms with van der Waals surface area (Å²) in [7, 11) is 1.62. The molecular formula is C21H21N3O4. The molecule has 28 heavy (non-hydrogen) atoms. The minimum absolute atomic E-state index is 0.0291. The van der Waals surface area contributed by atoms with Gasteiger partial charge in [-0.05, 0) is 11.6 Å². The smallest absolute Gasteiger partial charge is 0.255 e. The molecule has 7 nitrogen and oxygen atoms in total. The number of hydrogen-bond donors (Lipinski definition) is 0. The normalized spacial score (nSPS) is 28.5. The lowest BCUT2D eigenvalue weighted by atomic mass is 10.1. The minimum Gasteiger partial charge on any atom is -0.343 e. The highest BCUT2D eigenvalue weighted by atomic mass is 16.5. The molecule has 5 rings (SSSR count). The molecule has 0 bridgehead atoms. The van der Waals surface area contributed by atoms with Crippen LogP contribution < -0.4 is 5.56 Å². The third kappa shape index (κ3) is 2.36. The molecule has 3 aliphatic rings. The van der Waals surface area contributed by atoms with Crippen LogP contribution in [0.25, 0.3) is 0 Å². The van der Waals surface area contributed by atoms with Crippen molar-refractivity contribution in [2.24, 2.45) is 7.05 Å². The van der Waals surface area contributed by atoms with Gasteiger partial charge in [-0.3, -0.25) is 14.4 Å². The monoisotopic (exact) mass is 379 g/mol. The number of ether oxygens (including phenoxy) is 1. The molecule has 0 radical (unpaired) electrons. The molecule has 4 heterocycles. The van der Waals surface area contributed by atoms with Gasteiger partial charge in [0.05, 0.1) is 24.6 Å². The number of nitrogens with zero attached hydrogens (tertiary/aromatic N) is 3. The van der Waals surface area contributed by atoms with E-state index < -0.39 is 5.72 Å². The summed E-state index contributed by atoms with van der Waals surface area (Å²) < 4.78 is 7.86.